The molecule has 2 fully saturated rings. The van der Waals surface area contributed by atoms with E-state index in [-0.39, 0.29) is 17.5 Å². The molecule has 0 saturated carbocycles. The predicted octanol–water partition coefficient (Wildman–Crippen LogP) is 6.70. The summed E-state index contributed by atoms with van der Waals surface area (Å²) in [4.78, 5) is 19.0. The Hall–Kier alpha value is -3.72. The number of rotatable bonds is 8. The fourth-order valence-corrected chi connectivity index (χ4v) is 6.47. The third-order valence-electron chi connectivity index (χ3n) is 8.83. The quantitative estimate of drug-likeness (QED) is 0.219. The maximum Gasteiger partial charge on any atom is 0.335 e. The summed E-state index contributed by atoms with van der Waals surface area (Å²) >= 11 is 5.95. The Morgan fingerprint density at radius 2 is 1.83 bits per heavy atom. The molecule has 1 atom stereocenters. The van der Waals surface area contributed by atoms with E-state index >= 15 is 0 Å². The van der Waals surface area contributed by atoms with E-state index in [9.17, 15) is 14.3 Å². The first-order valence-corrected chi connectivity index (χ1v) is 14.9. The fourth-order valence-electron chi connectivity index (χ4n) is 6.31. The number of hydrogen-bond donors (Lipinski definition) is 1. The molecule has 2 aliphatic rings. The summed E-state index contributed by atoms with van der Waals surface area (Å²) in [5.41, 5.74) is 4.98. The number of hydrogen-bond acceptors (Lipinski definition) is 4. The second-order valence-electron chi connectivity index (χ2n) is 11.5. The molecule has 1 unspecified atom stereocenters. The maximum atomic E-state index is 14.5. The van der Waals surface area contributed by atoms with Gasteiger partial charge in [-0.15, -0.1) is 0 Å². The summed E-state index contributed by atoms with van der Waals surface area (Å²) in [5, 5.41) is 11.1. The number of nitrogens with zero attached hydrogens (tertiary/aromatic N) is 4. The number of benzene rings is 3. The highest BCUT2D eigenvalue weighted by Crippen LogP contribution is 2.32. The Labute approximate surface area is 248 Å². The van der Waals surface area contributed by atoms with Crippen LogP contribution in [0.3, 0.4) is 0 Å². The van der Waals surface area contributed by atoms with Crippen LogP contribution in [0.4, 0.5) is 4.39 Å². The summed E-state index contributed by atoms with van der Waals surface area (Å²) in [6, 6.07) is 18.7. The number of fused-ring (bicyclic) bond motifs is 2. The molecule has 7 nitrogen and oxygen atoms in total. The van der Waals surface area contributed by atoms with Crippen molar-refractivity contribution in [3.05, 3.63) is 100 Å². The third-order valence-corrected chi connectivity index (χ3v) is 9.07. The summed E-state index contributed by atoms with van der Waals surface area (Å²) in [5.74, 6) is 0.177. The van der Waals surface area contributed by atoms with Crippen molar-refractivity contribution in [2.75, 3.05) is 19.7 Å². The zero-order valence-electron chi connectivity index (χ0n) is 23.2. The highest BCUT2D eigenvalue weighted by Gasteiger charge is 2.26. The van der Waals surface area contributed by atoms with Crippen LogP contribution in [-0.4, -0.2) is 55.9 Å². The van der Waals surface area contributed by atoms with E-state index in [4.69, 9.17) is 21.3 Å². The van der Waals surface area contributed by atoms with Crippen LogP contribution in [0.2, 0.25) is 5.02 Å². The number of ether oxygens (including phenoxy) is 1. The van der Waals surface area contributed by atoms with Gasteiger partial charge < -0.3 is 19.0 Å². The topological polar surface area (TPSA) is 72.5 Å². The summed E-state index contributed by atoms with van der Waals surface area (Å²) in [7, 11) is 0. The fraction of sp³-hybridized carbons (Fsp3) is 0.333. The first-order valence-electron chi connectivity index (χ1n) is 14.5. The van der Waals surface area contributed by atoms with Gasteiger partial charge in [0.05, 0.1) is 42.3 Å². The van der Waals surface area contributed by atoms with Gasteiger partial charge in [0.1, 0.15) is 11.6 Å². The first kappa shape index (κ1) is 27.1. The van der Waals surface area contributed by atoms with E-state index in [2.05, 4.69) is 38.3 Å². The minimum absolute atomic E-state index is 0.144. The molecule has 2 aromatic heterocycles. The van der Waals surface area contributed by atoms with Crippen molar-refractivity contribution in [2.45, 2.75) is 50.9 Å². The van der Waals surface area contributed by atoms with E-state index in [1.807, 2.05) is 6.20 Å². The number of aromatic nitrogens is 3. The Morgan fingerprint density at radius 3 is 2.57 bits per heavy atom. The molecule has 2 saturated heterocycles. The molecular formula is C33H32ClFN4O3. The van der Waals surface area contributed by atoms with Gasteiger partial charge in [0.2, 0.25) is 0 Å². The van der Waals surface area contributed by atoms with Gasteiger partial charge in [0, 0.05) is 28.9 Å². The molecule has 0 bridgehead atoms. The molecule has 1 N–H and O–H groups in total. The van der Waals surface area contributed by atoms with Crippen molar-refractivity contribution in [1.29, 1.82) is 0 Å². The van der Waals surface area contributed by atoms with Gasteiger partial charge in [-0.05, 0) is 91.7 Å². The van der Waals surface area contributed by atoms with E-state index in [1.54, 1.807) is 30.3 Å². The average molecular weight is 587 g/mol. The number of carboxylic acid groups (broad SMARTS) is 1. The molecular weight excluding hydrogens is 555 g/mol. The van der Waals surface area contributed by atoms with Gasteiger partial charge in [-0.2, -0.15) is 0 Å². The molecule has 5 aromatic rings. The van der Waals surface area contributed by atoms with Gasteiger partial charge >= 0.3 is 5.97 Å². The van der Waals surface area contributed by atoms with E-state index in [0.29, 0.717) is 36.1 Å². The third kappa shape index (κ3) is 5.30. The van der Waals surface area contributed by atoms with Gasteiger partial charge in [-0.3, -0.25) is 4.90 Å². The van der Waals surface area contributed by atoms with Crippen LogP contribution in [0, 0.1) is 5.82 Å². The molecule has 9 heteroatoms. The lowest BCUT2D eigenvalue weighted by atomic mass is 9.89. The molecule has 0 amide bonds. The SMILES string of the molecule is O=C(O)c1ccc2nc(CN3CCC(c4ccc5ccn(Cc6ccc(Cl)cc6F)c5c4)CC3)n(CC3CCO3)c2c1. The molecule has 2 aliphatic heterocycles. The minimum Gasteiger partial charge on any atom is -0.478 e. The monoisotopic (exact) mass is 586 g/mol. The summed E-state index contributed by atoms with van der Waals surface area (Å²) in [6.45, 7) is 4.52. The Morgan fingerprint density at radius 1 is 1.00 bits per heavy atom. The van der Waals surface area contributed by atoms with Crippen LogP contribution >= 0.6 is 11.6 Å². The van der Waals surface area contributed by atoms with Crippen molar-refractivity contribution in [2.24, 2.45) is 0 Å². The van der Waals surface area contributed by atoms with Crippen molar-refractivity contribution in [3.8, 4) is 0 Å². The van der Waals surface area contributed by atoms with Crippen molar-refractivity contribution in [3.63, 3.8) is 0 Å². The lowest BCUT2D eigenvalue weighted by molar-refractivity contribution is -0.0592. The lowest BCUT2D eigenvalue weighted by Gasteiger charge is -2.33. The van der Waals surface area contributed by atoms with Crippen LogP contribution in [-0.2, 0) is 24.4 Å². The van der Waals surface area contributed by atoms with E-state index in [1.165, 1.54) is 11.6 Å². The molecule has 4 heterocycles. The average Bonchev–Trinajstić information content (AvgIpc) is 3.52. The van der Waals surface area contributed by atoms with Crippen molar-refractivity contribution >= 4 is 39.5 Å². The Kier molecular flexibility index (Phi) is 7.22. The zero-order chi connectivity index (χ0) is 28.8. The van der Waals surface area contributed by atoms with Crippen LogP contribution in [0.25, 0.3) is 21.9 Å². The van der Waals surface area contributed by atoms with Gasteiger partial charge in [-0.1, -0.05) is 29.8 Å². The first-order chi connectivity index (χ1) is 20.4. The van der Waals surface area contributed by atoms with Crippen molar-refractivity contribution < 1.29 is 19.0 Å². The zero-order valence-corrected chi connectivity index (χ0v) is 23.9. The molecule has 7 rings (SSSR count). The standard InChI is InChI=1S/C33H32ClFN4O3/c34-26-5-3-25(28(35)17-26)18-38-13-9-22-1-2-23(15-30(22)38)21-7-11-37(12-8-21)20-32-36-29-6-4-24(33(40)41)16-31(29)39(32)19-27-10-14-42-27/h1-6,9,13,15-17,21,27H,7-8,10-12,14,18-20H2,(H,40,41). The lowest BCUT2D eigenvalue weighted by Crippen LogP contribution is -2.35. The van der Waals surface area contributed by atoms with E-state index < -0.39 is 5.97 Å². The minimum atomic E-state index is -0.934. The smallest absolute Gasteiger partial charge is 0.335 e. The molecule has 0 radical (unpaired) electrons. The maximum absolute atomic E-state index is 14.5. The predicted molar refractivity (Wildman–Crippen MR) is 161 cm³/mol. The summed E-state index contributed by atoms with van der Waals surface area (Å²) < 4.78 is 24.5. The number of carboxylic acids is 1. The van der Waals surface area contributed by atoms with Gasteiger partial charge in [0.15, 0.2) is 0 Å². The van der Waals surface area contributed by atoms with Crippen LogP contribution in [0.1, 0.15) is 52.5 Å². The number of carbonyl (C=O) groups is 1. The largest absolute Gasteiger partial charge is 0.478 e. The highest BCUT2D eigenvalue weighted by atomic mass is 35.5. The van der Waals surface area contributed by atoms with Crippen LogP contribution in [0.5, 0.6) is 0 Å². The Balaban J connectivity index is 1.07. The Bertz CT molecular complexity index is 1790. The molecule has 0 spiro atoms. The van der Waals surface area contributed by atoms with Gasteiger partial charge in [0.25, 0.3) is 0 Å². The molecule has 3 aromatic carbocycles. The number of piperidine rings is 1. The van der Waals surface area contributed by atoms with Crippen LogP contribution in [0.15, 0.2) is 66.9 Å². The molecule has 216 valence electrons. The molecule has 0 aliphatic carbocycles. The highest BCUT2D eigenvalue weighted by molar-refractivity contribution is 6.30. The summed E-state index contributed by atoms with van der Waals surface area (Å²) in [6.07, 6.45) is 5.24. The second-order valence-corrected chi connectivity index (χ2v) is 11.9. The normalized spacial score (nSPS) is 18.1. The van der Waals surface area contributed by atoms with E-state index in [0.717, 1.165) is 66.7 Å². The van der Waals surface area contributed by atoms with Crippen LogP contribution < -0.4 is 0 Å². The number of aromatic carboxylic acids is 1. The number of halogens is 2. The second kappa shape index (κ2) is 11.2. The van der Waals surface area contributed by atoms with Gasteiger partial charge in [-0.25, -0.2) is 14.2 Å². The molecule has 42 heavy (non-hydrogen) atoms. The number of likely N-dealkylation sites (tertiary alicyclic amines) is 1. The van der Waals surface area contributed by atoms with Crippen molar-refractivity contribution in [1.82, 2.24) is 19.0 Å². The number of imidazole rings is 1.